The highest BCUT2D eigenvalue weighted by atomic mass is 16.3. The Kier molecular flexibility index (Phi) is 18.3. The van der Waals surface area contributed by atoms with Gasteiger partial charge in [0.05, 0.1) is 19.4 Å². The maximum absolute atomic E-state index is 9.40. The average molecular weight is 436 g/mol. The first-order chi connectivity index (χ1) is 15.3. The van der Waals surface area contributed by atoms with Gasteiger partial charge in [-0.25, -0.2) is 4.99 Å². The standard InChI is InChI=1S/C28H55N2O/c1-3-5-6-7-8-9-10-11-12-13-14-15-16-17-18-19-20-21-22-23-28-29-24-25-30(28,4-2)26-27-31/h15-16,24,28,31H,3-14,17-23,25-27H2,1-2H3/q+1/b16-15+. The van der Waals surface area contributed by atoms with Crippen LogP contribution in [0.2, 0.25) is 0 Å². The molecule has 0 aromatic heterocycles. The molecule has 182 valence electrons. The molecule has 2 unspecified atom stereocenters. The molecule has 1 heterocycles. The number of aliphatic hydroxyl groups excluding tert-OH is 1. The molecule has 1 aliphatic heterocycles. The molecule has 3 heteroatoms. The van der Waals surface area contributed by atoms with Gasteiger partial charge in [-0.2, -0.15) is 0 Å². The third-order valence-electron chi connectivity index (χ3n) is 7.25. The van der Waals surface area contributed by atoms with Crippen LogP contribution in [0.15, 0.2) is 17.1 Å². The van der Waals surface area contributed by atoms with Crippen molar-refractivity contribution in [2.75, 3.05) is 26.2 Å². The predicted molar refractivity (Wildman–Crippen MR) is 138 cm³/mol. The number of rotatable bonds is 22. The molecule has 0 amide bonds. The van der Waals surface area contributed by atoms with Gasteiger partial charge >= 0.3 is 0 Å². The van der Waals surface area contributed by atoms with Gasteiger partial charge in [0.2, 0.25) is 0 Å². The summed E-state index contributed by atoms with van der Waals surface area (Å²) in [5.74, 6) is 0. The van der Waals surface area contributed by atoms with Crippen molar-refractivity contribution in [3.63, 3.8) is 0 Å². The van der Waals surface area contributed by atoms with E-state index in [0.717, 1.165) is 24.1 Å². The molecule has 0 radical (unpaired) electrons. The lowest BCUT2D eigenvalue weighted by molar-refractivity contribution is -0.936. The molecule has 3 nitrogen and oxygen atoms in total. The summed E-state index contributed by atoms with van der Waals surface area (Å²) in [4.78, 5) is 4.72. The van der Waals surface area contributed by atoms with Crippen molar-refractivity contribution >= 4 is 6.21 Å². The summed E-state index contributed by atoms with van der Waals surface area (Å²) in [6.45, 7) is 7.75. The number of aliphatic hydroxyl groups is 1. The van der Waals surface area contributed by atoms with Crippen LogP contribution < -0.4 is 0 Å². The molecular weight excluding hydrogens is 380 g/mol. The largest absolute Gasteiger partial charge is 0.391 e. The van der Waals surface area contributed by atoms with E-state index in [9.17, 15) is 5.11 Å². The smallest absolute Gasteiger partial charge is 0.182 e. The molecule has 1 N–H and O–H groups in total. The topological polar surface area (TPSA) is 32.6 Å². The number of nitrogens with zero attached hydrogens (tertiary/aromatic N) is 2. The second-order valence-electron chi connectivity index (χ2n) is 9.76. The zero-order valence-electron chi connectivity index (χ0n) is 21.2. The van der Waals surface area contributed by atoms with Crippen LogP contribution in [-0.2, 0) is 0 Å². The molecular formula is C28H55N2O+. The minimum Gasteiger partial charge on any atom is -0.391 e. The lowest BCUT2D eigenvalue weighted by Gasteiger charge is -2.37. The van der Waals surface area contributed by atoms with E-state index in [1.54, 1.807) is 0 Å². The average Bonchev–Trinajstić information content (AvgIpc) is 3.18. The first-order valence-electron chi connectivity index (χ1n) is 13.9. The Morgan fingerprint density at radius 1 is 0.774 bits per heavy atom. The highest BCUT2D eigenvalue weighted by molar-refractivity contribution is 5.60. The van der Waals surface area contributed by atoms with Gasteiger partial charge in [0.15, 0.2) is 6.17 Å². The summed E-state index contributed by atoms with van der Waals surface area (Å²) < 4.78 is 0.973. The van der Waals surface area contributed by atoms with Crippen molar-refractivity contribution in [2.24, 2.45) is 4.99 Å². The van der Waals surface area contributed by atoms with E-state index in [1.807, 2.05) is 0 Å². The van der Waals surface area contributed by atoms with E-state index in [0.29, 0.717) is 6.17 Å². The fourth-order valence-electron chi connectivity index (χ4n) is 4.99. The number of hydrogen-bond acceptors (Lipinski definition) is 2. The van der Waals surface area contributed by atoms with E-state index in [2.05, 4.69) is 32.2 Å². The van der Waals surface area contributed by atoms with Crippen LogP contribution in [0.25, 0.3) is 0 Å². The quantitative estimate of drug-likeness (QED) is 0.105. The summed E-state index contributed by atoms with van der Waals surface area (Å²) in [5.41, 5.74) is 0. The van der Waals surface area contributed by atoms with Gasteiger partial charge < -0.3 is 5.11 Å². The molecule has 0 bridgehead atoms. The molecule has 0 fully saturated rings. The van der Waals surface area contributed by atoms with Gasteiger partial charge in [-0.3, -0.25) is 4.48 Å². The molecule has 1 rings (SSSR count). The Morgan fingerprint density at radius 2 is 1.29 bits per heavy atom. The van der Waals surface area contributed by atoms with Crippen LogP contribution in [0.3, 0.4) is 0 Å². The Labute approximate surface area is 195 Å². The third-order valence-corrected chi connectivity index (χ3v) is 7.25. The summed E-state index contributed by atoms with van der Waals surface area (Å²) in [5, 5.41) is 9.40. The maximum Gasteiger partial charge on any atom is 0.182 e. The van der Waals surface area contributed by atoms with Crippen LogP contribution in [0.4, 0.5) is 0 Å². The number of quaternary nitrogens is 1. The van der Waals surface area contributed by atoms with E-state index < -0.39 is 0 Å². The lowest BCUT2D eigenvalue weighted by Crippen LogP contribution is -2.53. The van der Waals surface area contributed by atoms with Gasteiger partial charge in [0, 0.05) is 6.42 Å². The molecule has 0 aromatic rings. The summed E-state index contributed by atoms with van der Waals surface area (Å²) in [6, 6.07) is 0. The number of allylic oxidation sites excluding steroid dienone is 2. The Hall–Kier alpha value is -0.670. The Morgan fingerprint density at radius 3 is 1.81 bits per heavy atom. The third kappa shape index (κ3) is 13.5. The lowest BCUT2D eigenvalue weighted by atomic mass is 10.1. The van der Waals surface area contributed by atoms with Gasteiger partial charge in [-0.1, -0.05) is 96.1 Å². The summed E-state index contributed by atoms with van der Waals surface area (Å²) >= 11 is 0. The highest BCUT2D eigenvalue weighted by Gasteiger charge is 2.36. The first kappa shape index (κ1) is 28.4. The first-order valence-corrected chi connectivity index (χ1v) is 13.9. The van der Waals surface area contributed by atoms with E-state index in [1.165, 1.54) is 116 Å². The SMILES string of the molecule is CCCCCCCCCCCC/C=C/CCCCCCCC1N=CC[N+]1(CC)CCO. The van der Waals surface area contributed by atoms with E-state index in [-0.39, 0.29) is 6.61 Å². The number of hydrogen-bond donors (Lipinski definition) is 1. The van der Waals surface area contributed by atoms with Crippen molar-refractivity contribution in [1.29, 1.82) is 0 Å². The monoisotopic (exact) mass is 435 g/mol. The minimum absolute atomic E-state index is 0.278. The van der Waals surface area contributed by atoms with Crippen LogP contribution in [0.1, 0.15) is 129 Å². The van der Waals surface area contributed by atoms with Gasteiger partial charge in [0.25, 0.3) is 0 Å². The molecule has 1 aliphatic rings. The van der Waals surface area contributed by atoms with Gasteiger partial charge in [-0.15, -0.1) is 0 Å². The molecule has 0 saturated carbocycles. The van der Waals surface area contributed by atoms with Crippen molar-refractivity contribution in [3.05, 3.63) is 12.2 Å². The zero-order chi connectivity index (χ0) is 22.5. The normalized spacial score (nSPS) is 20.9. The summed E-state index contributed by atoms with van der Waals surface area (Å²) in [7, 11) is 0. The molecule has 0 spiro atoms. The fourth-order valence-corrected chi connectivity index (χ4v) is 4.99. The van der Waals surface area contributed by atoms with Crippen molar-refractivity contribution in [3.8, 4) is 0 Å². The van der Waals surface area contributed by atoms with Gasteiger partial charge in [-0.05, 0) is 39.0 Å². The molecule has 2 atom stereocenters. The Balaban J connectivity index is 1.85. The predicted octanol–water partition coefficient (Wildman–Crippen LogP) is 7.82. The Bertz CT molecular complexity index is 448. The van der Waals surface area contributed by atoms with E-state index in [4.69, 9.17) is 4.99 Å². The van der Waals surface area contributed by atoms with Crippen LogP contribution in [0, 0.1) is 0 Å². The number of likely N-dealkylation sites (N-methyl/N-ethyl adjacent to an activating group) is 1. The summed E-state index contributed by atoms with van der Waals surface area (Å²) in [6.07, 6.45) is 32.0. The molecule has 0 saturated heterocycles. The zero-order valence-corrected chi connectivity index (χ0v) is 21.2. The highest BCUT2D eigenvalue weighted by Crippen LogP contribution is 2.24. The van der Waals surface area contributed by atoms with E-state index >= 15 is 0 Å². The van der Waals surface area contributed by atoms with Crippen molar-refractivity contribution < 1.29 is 9.59 Å². The van der Waals surface area contributed by atoms with Crippen LogP contribution >= 0.6 is 0 Å². The van der Waals surface area contributed by atoms with Crippen molar-refractivity contribution in [2.45, 2.75) is 136 Å². The maximum atomic E-state index is 9.40. The van der Waals surface area contributed by atoms with Crippen molar-refractivity contribution in [1.82, 2.24) is 0 Å². The molecule has 0 aromatic carbocycles. The second-order valence-corrected chi connectivity index (χ2v) is 9.76. The number of unbranched alkanes of at least 4 members (excludes halogenated alkanes) is 15. The molecule has 31 heavy (non-hydrogen) atoms. The fraction of sp³-hybridized carbons (Fsp3) is 0.893. The number of aliphatic imine (C=N–C) groups is 1. The van der Waals surface area contributed by atoms with Crippen LogP contribution in [0.5, 0.6) is 0 Å². The van der Waals surface area contributed by atoms with Crippen LogP contribution in [-0.4, -0.2) is 48.2 Å². The minimum atomic E-state index is 0.278. The molecule has 0 aliphatic carbocycles. The second kappa shape index (κ2) is 20.0. The van der Waals surface area contributed by atoms with Gasteiger partial charge in [0.1, 0.15) is 13.1 Å².